The predicted molar refractivity (Wildman–Crippen MR) is 165 cm³/mol. The van der Waals surface area contributed by atoms with Gasteiger partial charge in [0.1, 0.15) is 16.8 Å². The molecule has 0 spiro atoms. The van der Waals surface area contributed by atoms with Crippen molar-refractivity contribution in [1.82, 2.24) is 20.0 Å². The van der Waals surface area contributed by atoms with Crippen molar-refractivity contribution in [3.8, 4) is 5.75 Å². The number of nitrogens with one attached hydrogen (secondary N) is 3. The van der Waals surface area contributed by atoms with Crippen molar-refractivity contribution in [2.24, 2.45) is 0 Å². The Morgan fingerprint density at radius 2 is 1.75 bits per heavy atom. The molecule has 1 aromatic heterocycles. The number of hydrogen-bond donors (Lipinski definition) is 4. The van der Waals surface area contributed by atoms with E-state index in [1.807, 2.05) is 35.1 Å². The maximum Gasteiger partial charge on any atom is 0.490 e. The molecule has 2 aliphatic rings. The van der Waals surface area contributed by atoms with Crippen LogP contribution in [0.1, 0.15) is 69.3 Å². The molecule has 16 heteroatoms. The van der Waals surface area contributed by atoms with Gasteiger partial charge in [-0.15, -0.1) is 0 Å². The van der Waals surface area contributed by atoms with E-state index in [0.29, 0.717) is 29.1 Å². The zero-order valence-corrected chi connectivity index (χ0v) is 26.0. The number of carbonyl (C=O) groups is 4. The van der Waals surface area contributed by atoms with Crippen molar-refractivity contribution in [1.29, 1.82) is 0 Å². The number of halogens is 3. The van der Waals surface area contributed by atoms with E-state index in [2.05, 4.69) is 10.3 Å². The van der Waals surface area contributed by atoms with Gasteiger partial charge in [-0.1, -0.05) is 36.4 Å². The van der Waals surface area contributed by atoms with Crippen LogP contribution >= 0.6 is 0 Å². The summed E-state index contributed by atoms with van der Waals surface area (Å²) in [5.74, 6) is -2.52. The van der Waals surface area contributed by atoms with E-state index in [1.165, 1.54) is 0 Å². The van der Waals surface area contributed by atoms with Gasteiger partial charge in [-0.3, -0.25) is 19.1 Å². The van der Waals surface area contributed by atoms with E-state index in [4.69, 9.17) is 19.6 Å². The minimum Gasteiger partial charge on any atom is -0.497 e. The number of hydrogen-bond acceptors (Lipinski definition) is 8. The van der Waals surface area contributed by atoms with Crippen molar-refractivity contribution in [3.63, 3.8) is 0 Å². The lowest BCUT2D eigenvalue weighted by Gasteiger charge is -2.19. The fraction of sp³-hybridized carbons (Fsp3) is 0.281. The molecule has 2 amide bonds. The van der Waals surface area contributed by atoms with Gasteiger partial charge in [-0.05, 0) is 53.4 Å². The normalized spacial score (nSPS) is 18.8. The number of ether oxygens (including phenoxy) is 1. The van der Waals surface area contributed by atoms with Crippen LogP contribution < -0.4 is 14.8 Å². The Morgan fingerprint density at radius 3 is 2.35 bits per heavy atom. The van der Waals surface area contributed by atoms with Gasteiger partial charge in [0.05, 0.1) is 30.6 Å². The largest absolute Gasteiger partial charge is 0.497 e. The summed E-state index contributed by atoms with van der Waals surface area (Å²) >= 11 is 0. The fourth-order valence-electron chi connectivity index (χ4n) is 5.67. The molecule has 252 valence electrons. The third kappa shape index (κ3) is 7.65. The molecule has 0 radical (unpaired) electrons. The monoisotopic (exact) mass is 686 g/mol. The van der Waals surface area contributed by atoms with Crippen molar-refractivity contribution in [2.75, 3.05) is 7.11 Å². The van der Waals surface area contributed by atoms with Gasteiger partial charge in [0.15, 0.2) is 5.78 Å². The number of sulfonamides is 1. The first kappa shape index (κ1) is 34.1. The number of methoxy groups -OCH3 is 1. The Hall–Kier alpha value is -5.25. The van der Waals surface area contributed by atoms with Crippen molar-refractivity contribution >= 4 is 44.6 Å². The highest BCUT2D eigenvalue weighted by atomic mass is 32.2. The standard InChI is InChI=1S/C30H28N4O6S.C2HF3O2/c1-40-20-10-11-21-22(15-20)19(13-26(21)35)14-28(36)31-25(30-32-23-4-2-3-5-24(23)33-30)12-17-6-8-18(9-7-17)27-16-29(37)34-41(27,38)39;3-2(4,5)1(6)7/h2-11,15,19,25,27H,12-14,16H2,1H3,(H,31,36)(H,32,33)(H,34,37);(H,6,7)/t19?,25-,27?;/m0./s1. The number of aromatic nitrogens is 2. The third-order valence-corrected chi connectivity index (χ3v) is 9.67. The Balaban J connectivity index is 0.000000582. The fourth-order valence-corrected chi connectivity index (χ4v) is 7.10. The van der Waals surface area contributed by atoms with Crippen LogP contribution in [0.2, 0.25) is 0 Å². The molecule has 1 aliphatic carbocycles. The number of rotatable bonds is 8. The first-order chi connectivity index (χ1) is 22.6. The molecule has 2 heterocycles. The molecule has 1 fully saturated rings. The third-order valence-electron chi connectivity index (χ3n) is 7.97. The number of aliphatic carboxylic acids is 1. The molecule has 2 unspecified atom stereocenters. The first-order valence-corrected chi connectivity index (χ1v) is 16.1. The van der Waals surface area contributed by atoms with Crippen LogP contribution in [0.5, 0.6) is 5.75 Å². The maximum absolute atomic E-state index is 13.4. The van der Waals surface area contributed by atoms with Gasteiger partial charge in [0.2, 0.25) is 21.8 Å². The Labute approximate surface area is 271 Å². The number of H-pyrrole nitrogens is 1. The quantitative estimate of drug-likeness (QED) is 0.210. The van der Waals surface area contributed by atoms with Crippen molar-refractivity contribution in [2.45, 2.75) is 49.1 Å². The molecule has 4 aromatic rings. The molecule has 12 nitrogen and oxygen atoms in total. The molecule has 3 aromatic carbocycles. The number of fused-ring (bicyclic) bond motifs is 2. The molecule has 0 bridgehead atoms. The first-order valence-electron chi connectivity index (χ1n) is 14.5. The molecular formula is C32H29F3N4O8S. The minimum absolute atomic E-state index is 0.00977. The highest BCUT2D eigenvalue weighted by molar-refractivity contribution is 7.90. The average Bonchev–Trinajstić information content (AvgIpc) is 3.68. The Bertz CT molecular complexity index is 1960. The van der Waals surface area contributed by atoms with Crippen LogP contribution in [0, 0.1) is 0 Å². The van der Waals surface area contributed by atoms with E-state index in [0.717, 1.165) is 22.2 Å². The van der Waals surface area contributed by atoms with E-state index in [-0.39, 0.29) is 36.9 Å². The van der Waals surface area contributed by atoms with Gasteiger partial charge in [-0.2, -0.15) is 13.2 Å². The zero-order valence-electron chi connectivity index (χ0n) is 25.2. The number of ketones is 1. The summed E-state index contributed by atoms with van der Waals surface area (Å²) in [5, 5.41) is 9.31. The number of Topliss-reactive ketones (excluding diaryl/α,β-unsaturated/α-hetero) is 1. The number of carboxylic acids is 1. The van der Waals surface area contributed by atoms with Crippen LogP contribution in [0.3, 0.4) is 0 Å². The van der Waals surface area contributed by atoms with Gasteiger partial charge in [-0.25, -0.2) is 18.2 Å². The smallest absolute Gasteiger partial charge is 0.490 e. The molecule has 1 aliphatic heterocycles. The number of benzene rings is 3. The lowest BCUT2D eigenvalue weighted by atomic mass is 9.96. The second kappa shape index (κ2) is 13.5. The summed E-state index contributed by atoms with van der Waals surface area (Å²) in [4.78, 5) is 54.5. The average molecular weight is 687 g/mol. The van der Waals surface area contributed by atoms with Gasteiger partial charge >= 0.3 is 12.1 Å². The Morgan fingerprint density at radius 1 is 1.06 bits per heavy atom. The number of para-hydroxylation sites is 2. The minimum atomic E-state index is -5.08. The number of carboxylic acid groups (broad SMARTS) is 1. The van der Waals surface area contributed by atoms with Gasteiger partial charge in [0.25, 0.3) is 0 Å². The highest BCUT2D eigenvalue weighted by Gasteiger charge is 2.39. The van der Waals surface area contributed by atoms with Gasteiger partial charge < -0.3 is 20.1 Å². The summed E-state index contributed by atoms with van der Waals surface area (Å²) in [5.41, 5.74) is 4.41. The summed E-state index contributed by atoms with van der Waals surface area (Å²) < 4.78 is 63.7. The van der Waals surface area contributed by atoms with Crippen LogP contribution in [-0.4, -0.2) is 60.3 Å². The lowest BCUT2D eigenvalue weighted by Crippen LogP contribution is -2.31. The summed E-state index contributed by atoms with van der Waals surface area (Å²) in [6.07, 6.45) is -4.43. The zero-order chi connectivity index (χ0) is 34.8. The number of carbonyl (C=O) groups excluding carboxylic acids is 3. The molecule has 4 N–H and O–H groups in total. The van der Waals surface area contributed by atoms with E-state index in [1.54, 1.807) is 43.5 Å². The number of nitrogens with zero attached hydrogens (tertiary/aromatic N) is 1. The molecule has 48 heavy (non-hydrogen) atoms. The SMILES string of the molecule is COc1ccc2c(c1)C(CC(=O)N[C@@H](Cc1ccc(C3CC(=O)NS3(=O)=O)cc1)c1nc3ccccc3[nH]1)CC2=O.O=C(O)C(F)(F)F. The molecule has 6 rings (SSSR count). The number of alkyl halides is 3. The van der Waals surface area contributed by atoms with E-state index >= 15 is 0 Å². The second-order valence-corrected chi connectivity index (χ2v) is 13.1. The molecule has 1 saturated heterocycles. The number of imidazole rings is 1. The van der Waals surface area contributed by atoms with Gasteiger partial charge in [0, 0.05) is 24.3 Å². The van der Waals surface area contributed by atoms with Crippen molar-refractivity contribution < 1.29 is 50.6 Å². The van der Waals surface area contributed by atoms with Crippen LogP contribution in [-0.2, 0) is 30.8 Å². The summed E-state index contributed by atoms with van der Waals surface area (Å²) in [6.45, 7) is 0. The van der Waals surface area contributed by atoms with Crippen LogP contribution in [0.4, 0.5) is 13.2 Å². The number of aromatic amines is 1. The maximum atomic E-state index is 13.4. The Kier molecular flexibility index (Phi) is 9.57. The predicted octanol–water partition coefficient (Wildman–Crippen LogP) is 4.26. The lowest BCUT2D eigenvalue weighted by molar-refractivity contribution is -0.192. The summed E-state index contributed by atoms with van der Waals surface area (Å²) in [7, 11) is -2.18. The highest BCUT2D eigenvalue weighted by Crippen LogP contribution is 2.38. The molecular weight excluding hydrogens is 657 g/mol. The van der Waals surface area contributed by atoms with E-state index < -0.39 is 39.4 Å². The second-order valence-electron chi connectivity index (χ2n) is 11.3. The van der Waals surface area contributed by atoms with Crippen LogP contribution in [0.25, 0.3) is 11.0 Å². The topological polar surface area (TPSA) is 185 Å². The van der Waals surface area contributed by atoms with Crippen molar-refractivity contribution in [3.05, 3.63) is 94.8 Å². The van der Waals surface area contributed by atoms with E-state index in [9.17, 15) is 36.0 Å². The summed E-state index contributed by atoms with van der Waals surface area (Å²) in [6, 6.07) is 19.4. The molecule has 0 saturated carbocycles. The molecule has 3 atom stereocenters. The van der Waals surface area contributed by atoms with Crippen LogP contribution in [0.15, 0.2) is 66.7 Å². The number of amides is 2.